The zero-order valence-corrected chi connectivity index (χ0v) is 13.4. The zero-order chi connectivity index (χ0) is 13.9. The van der Waals surface area contributed by atoms with Crippen molar-refractivity contribution in [2.75, 3.05) is 19.8 Å². The van der Waals surface area contributed by atoms with E-state index < -0.39 is 0 Å². The minimum atomic E-state index is 0.503. The van der Waals surface area contributed by atoms with Gasteiger partial charge in [-0.1, -0.05) is 46.0 Å². The van der Waals surface area contributed by atoms with Crippen LogP contribution in [0.2, 0.25) is 0 Å². The fraction of sp³-hybridized carbons (Fsp3) is 1.00. The molecule has 1 aliphatic carbocycles. The van der Waals surface area contributed by atoms with Crippen LogP contribution in [-0.4, -0.2) is 25.9 Å². The molecule has 1 saturated carbocycles. The van der Waals surface area contributed by atoms with Gasteiger partial charge in [0.15, 0.2) is 0 Å². The highest BCUT2D eigenvalue weighted by Crippen LogP contribution is 2.41. The van der Waals surface area contributed by atoms with Crippen molar-refractivity contribution in [2.45, 2.75) is 64.9 Å². The minimum absolute atomic E-state index is 0.503. The van der Waals surface area contributed by atoms with Crippen molar-refractivity contribution in [3.8, 4) is 0 Å². The van der Waals surface area contributed by atoms with Crippen molar-refractivity contribution in [3.63, 3.8) is 0 Å². The third-order valence-electron chi connectivity index (χ3n) is 6.28. The highest BCUT2D eigenvalue weighted by molar-refractivity contribution is 4.87. The summed E-state index contributed by atoms with van der Waals surface area (Å²) in [6, 6.07) is 0. The molecule has 2 heteroatoms. The zero-order valence-electron chi connectivity index (χ0n) is 13.4. The molecule has 3 rings (SSSR count). The average Bonchev–Trinajstić information content (AvgIpc) is 2.48. The Kier molecular flexibility index (Phi) is 5.04. The molecule has 5 atom stereocenters. The topological polar surface area (TPSA) is 18.5 Å². The first-order valence-corrected chi connectivity index (χ1v) is 8.95. The van der Waals surface area contributed by atoms with E-state index >= 15 is 0 Å². The maximum Gasteiger partial charge on any atom is 0.0610 e. The van der Waals surface area contributed by atoms with Gasteiger partial charge in [0.25, 0.3) is 0 Å². The number of hydrogen-bond acceptors (Lipinski definition) is 2. The van der Waals surface area contributed by atoms with Crippen LogP contribution in [0.3, 0.4) is 0 Å². The fourth-order valence-electron chi connectivity index (χ4n) is 4.92. The van der Waals surface area contributed by atoms with Crippen molar-refractivity contribution in [1.29, 1.82) is 0 Å². The monoisotopic (exact) mass is 280 g/mol. The fourth-order valence-corrected chi connectivity index (χ4v) is 4.92. The molecule has 0 N–H and O–H groups in total. The molecule has 2 heterocycles. The standard InChI is InChI=1S/C18H32O2/c1-13-10-18(16-8-9-19-11-14(16)2)20-12-17(13)15-6-4-3-5-7-15/h13-18H,3-12H2,1-2H3. The van der Waals surface area contributed by atoms with Gasteiger partial charge in [-0.2, -0.15) is 0 Å². The summed E-state index contributed by atoms with van der Waals surface area (Å²) >= 11 is 0. The van der Waals surface area contributed by atoms with Crippen LogP contribution in [0, 0.1) is 29.6 Å². The number of hydrogen-bond donors (Lipinski definition) is 0. The van der Waals surface area contributed by atoms with Gasteiger partial charge in [-0.25, -0.2) is 0 Å². The van der Waals surface area contributed by atoms with Gasteiger partial charge in [-0.15, -0.1) is 0 Å². The van der Waals surface area contributed by atoms with Crippen molar-refractivity contribution in [3.05, 3.63) is 0 Å². The van der Waals surface area contributed by atoms with Crippen LogP contribution in [0.4, 0.5) is 0 Å². The molecule has 0 bridgehead atoms. The molecule has 2 nitrogen and oxygen atoms in total. The molecule has 0 aromatic heterocycles. The van der Waals surface area contributed by atoms with E-state index in [1.165, 1.54) is 44.9 Å². The average molecular weight is 280 g/mol. The molecule has 2 aliphatic heterocycles. The Balaban J connectivity index is 1.55. The molecule has 3 aliphatic rings. The smallest absolute Gasteiger partial charge is 0.0610 e. The molecular formula is C18H32O2. The second-order valence-corrected chi connectivity index (χ2v) is 7.65. The van der Waals surface area contributed by atoms with Crippen LogP contribution < -0.4 is 0 Å². The van der Waals surface area contributed by atoms with Crippen molar-refractivity contribution >= 4 is 0 Å². The normalized spacial score (nSPS) is 44.4. The summed E-state index contributed by atoms with van der Waals surface area (Å²) < 4.78 is 12.0. The molecule has 116 valence electrons. The maximum atomic E-state index is 6.37. The molecule has 3 fully saturated rings. The van der Waals surface area contributed by atoms with Gasteiger partial charge >= 0.3 is 0 Å². The van der Waals surface area contributed by atoms with E-state index in [2.05, 4.69) is 13.8 Å². The van der Waals surface area contributed by atoms with E-state index in [0.717, 1.165) is 43.5 Å². The molecule has 20 heavy (non-hydrogen) atoms. The van der Waals surface area contributed by atoms with Crippen molar-refractivity contribution < 1.29 is 9.47 Å². The second kappa shape index (κ2) is 6.79. The van der Waals surface area contributed by atoms with Gasteiger partial charge in [0, 0.05) is 13.2 Å². The molecule has 0 radical (unpaired) electrons. The van der Waals surface area contributed by atoms with E-state index in [9.17, 15) is 0 Å². The summed E-state index contributed by atoms with van der Waals surface area (Å²) in [5, 5.41) is 0. The molecule has 2 saturated heterocycles. The first-order chi connectivity index (χ1) is 9.75. The molecular weight excluding hydrogens is 248 g/mol. The highest BCUT2D eigenvalue weighted by Gasteiger charge is 2.39. The Hall–Kier alpha value is -0.0800. The first-order valence-electron chi connectivity index (χ1n) is 8.95. The lowest BCUT2D eigenvalue weighted by atomic mass is 9.70. The van der Waals surface area contributed by atoms with Gasteiger partial charge in [0.1, 0.15) is 0 Å². The van der Waals surface area contributed by atoms with Crippen molar-refractivity contribution in [2.24, 2.45) is 29.6 Å². The summed E-state index contributed by atoms with van der Waals surface area (Å²) in [7, 11) is 0. The molecule has 0 spiro atoms. The van der Waals surface area contributed by atoms with Gasteiger partial charge < -0.3 is 9.47 Å². The lowest BCUT2D eigenvalue weighted by Gasteiger charge is -2.44. The lowest BCUT2D eigenvalue weighted by Crippen LogP contribution is -2.44. The third-order valence-corrected chi connectivity index (χ3v) is 6.28. The van der Waals surface area contributed by atoms with Crippen LogP contribution >= 0.6 is 0 Å². The Morgan fingerprint density at radius 2 is 1.60 bits per heavy atom. The van der Waals surface area contributed by atoms with E-state index in [-0.39, 0.29) is 0 Å². The quantitative estimate of drug-likeness (QED) is 0.751. The SMILES string of the molecule is CC1CC(C2CCOCC2C)OCC1C1CCCCC1. The van der Waals surface area contributed by atoms with Gasteiger partial charge in [0.05, 0.1) is 12.7 Å². The Morgan fingerprint density at radius 1 is 0.800 bits per heavy atom. The van der Waals surface area contributed by atoms with Crippen LogP contribution in [0.1, 0.15) is 58.8 Å². The molecule has 0 aromatic rings. The highest BCUT2D eigenvalue weighted by atomic mass is 16.5. The van der Waals surface area contributed by atoms with E-state index in [1.54, 1.807) is 0 Å². The summed E-state index contributed by atoms with van der Waals surface area (Å²) in [4.78, 5) is 0. The maximum absolute atomic E-state index is 6.37. The Morgan fingerprint density at radius 3 is 2.30 bits per heavy atom. The van der Waals surface area contributed by atoms with Gasteiger partial charge in [-0.3, -0.25) is 0 Å². The van der Waals surface area contributed by atoms with E-state index in [0.29, 0.717) is 12.0 Å². The van der Waals surface area contributed by atoms with Crippen LogP contribution in [-0.2, 0) is 9.47 Å². The molecule has 5 unspecified atom stereocenters. The van der Waals surface area contributed by atoms with Gasteiger partial charge in [0.2, 0.25) is 0 Å². The lowest BCUT2D eigenvalue weighted by molar-refractivity contribution is -0.120. The summed E-state index contributed by atoms with van der Waals surface area (Å²) in [6.07, 6.45) is 10.3. The number of ether oxygens (including phenoxy) is 2. The summed E-state index contributed by atoms with van der Waals surface area (Å²) in [6.45, 7) is 7.73. The molecule has 0 amide bonds. The Bertz CT molecular complexity index is 298. The summed E-state index contributed by atoms with van der Waals surface area (Å²) in [5.41, 5.74) is 0. The minimum Gasteiger partial charge on any atom is -0.381 e. The first kappa shape index (κ1) is 14.8. The van der Waals surface area contributed by atoms with E-state index in [4.69, 9.17) is 9.47 Å². The molecule has 0 aromatic carbocycles. The van der Waals surface area contributed by atoms with Crippen LogP contribution in [0.25, 0.3) is 0 Å². The predicted octanol–water partition coefficient (Wildman–Crippen LogP) is 4.28. The second-order valence-electron chi connectivity index (χ2n) is 7.65. The van der Waals surface area contributed by atoms with Crippen LogP contribution in [0.5, 0.6) is 0 Å². The van der Waals surface area contributed by atoms with Crippen molar-refractivity contribution in [1.82, 2.24) is 0 Å². The predicted molar refractivity (Wildman–Crippen MR) is 81.7 cm³/mol. The Labute approximate surface area is 124 Å². The number of rotatable bonds is 2. The largest absolute Gasteiger partial charge is 0.381 e. The van der Waals surface area contributed by atoms with Crippen LogP contribution in [0.15, 0.2) is 0 Å². The third kappa shape index (κ3) is 3.22. The van der Waals surface area contributed by atoms with E-state index in [1.807, 2.05) is 0 Å². The summed E-state index contributed by atoms with van der Waals surface area (Å²) in [5.74, 6) is 4.05. The van der Waals surface area contributed by atoms with Gasteiger partial charge in [-0.05, 0) is 42.4 Å².